The fourth-order valence-electron chi connectivity index (χ4n) is 2.65. The van der Waals surface area contributed by atoms with Crippen LogP contribution in [-0.4, -0.2) is 41.6 Å². The van der Waals surface area contributed by atoms with Gasteiger partial charge in [-0.2, -0.15) is 0 Å². The molecule has 0 bridgehead atoms. The summed E-state index contributed by atoms with van der Waals surface area (Å²) in [5, 5.41) is 5.68. The summed E-state index contributed by atoms with van der Waals surface area (Å²) in [6.45, 7) is 3.41. The molecule has 2 heterocycles. The van der Waals surface area contributed by atoms with Crippen molar-refractivity contribution < 1.29 is 18.7 Å². The number of rotatable bonds is 5. The summed E-state index contributed by atoms with van der Waals surface area (Å²) >= 11 is 1.37. The first kappa shape index (κ1) is 18.3. The fraction of sp³-hybridized carbons (Fsp3) is 0.353. The molecular formula is C17H19FN4O3S. The number of thiazole rings is 1. The van der Waals surface area contributed by atoms with Crippen LogP contribution in [0, 0.1) is 5.82 Å². The van der Waals surface area contributed by atoms with Gasteiger partial charge in [-0.1, -0.05) is 23.5 Å². The van der Waals surface area contributed by atoms with E-state index in [0.717, 1.165) is 10.6 Å². The van der Waals surface area contributed by atoms with Gasteiger partial charge in [-0.25, -0.2) is 14.2 Å². The SMILES string of the molecule is CCOC(=O)Nc1nc2c(s1)CN(CC(=O)Nc1ccccc1F)CC2. The molecule has 0 fully saturated rings. The van der Waals surface area contributed by atoms with Gasteiger partial charge in [0.25, 0.3) is 0 Å². The third-order valence-electron chi connectivity index (χ3n) is 3.81. The Labute approximate surface area is 154 Å². The van der Waals surface area contributed by atoms with Crippen molar-refractivity contribution in [1.82, 2.24) is 9.88 Å². The molecule has 9 heteroatoms. The Kier molecular flexibility index (Phi) is 5.79. The van der Waals surface area contributed by atoms with Crippen LogP contribution in [0.15, 0.2) is 24.3 Å². The second-order valence-electron chi connectivity index (χ2n) is 5.72. The van der Waals surface area contributed by atoms with Crippen LogP contribution >= 0.6 is 11.3 Å². The van der Waals surface area contributed by atoms with E-state index in [4.69, 9.17) is 4.74 Å². The van der Waals surface area contributed by atoms with Gasteiger partial charge in [-0.3, -0.25) is 15.0 Å². The molecular weight excluding hydrogens is 359 g/mol. The van der Waals surface area contributed by atoms with Gasteiger partial charge in [0.2, 0.25) is 5.91 Å². The van der Waals surface area contributed by atoms with Crippen LogP contribution in [-0.2, 0) is 22.5 Å². The summed E-state index contributed by atoms with van der Waals surface area (Å²) in [7, 11) is 0. The molecule has 0 aliphatic carbocycles. The first-order valence-corrected chi connectivity index (χ1v) is 9.06. The number of ether oxygens (including phenoxy) is 1. The topological polar surface area (TPSA) is 83.6 Å². The monoisotopic (exact) mass is 378 g/mol. The molecule has 0 atom stereocenters. The van der Waals surface area contributed by atoms with Gasteiger partial charge in [0, 0.05) is 24.4 Å². The lowest BCUT2D eigenvalue weighted by Gasteiger charge is -2.25. The number of amides is 2. The van der Waals surface area contributed by atoms with Crippen molar-refractivity contribution in [3.8, 4) is 0 Å². The van der Waals surface area contributed by atoms with E-state index in [1.165, 1.54) is 23.5 Å². The second kappa shape index (κ2) is 8.24. The zero-order chi connectivity index (χ0) is 18.5. The highest BCUT2D eigenvalue weighted by Crippen LogP contribution is 2.28. The first-order chi connectivity index (χ1) is 12.5. The molecule has 2 N–H and O–H groups in total. The molecule has 138 valence electrons. The number of hydrogen-bond acceptors (Lipinski definition) is 6. The number of para-hydroxylation sites is 1. The van der Waals surface area contributed by atoms with Crippen LogP contribution in [0.25, 0.3) is 0 Å². The second-order valence-corrected chi connectivity index (χ2v) is 6.81. The lowest BCUT2D eigenvalue weighted by Crippen LogP contribution is -2.36. The summed E-state index contributed by atoms with van der Waals surface area (Å²) in [6.07, 6.45) is 0.156. The van der Waals surface area contributed by atoms with E-state index >= 15 is 0 Å². The lowest BCUT2D eigenvalue weighted by molar-refractivity contribution is -0.117. The van der Waals surface area contributed by atoms with Crippen molar-refractivity contribution >= 4 is 34.2 Å². The van der Waals surface area contributed by atoms with Gasteiger partial charge in [0.1, 0.15) is 5.82 Å². The molecule has 1 aromatic carbocycles. The summed E-state index contributed by atoms with van der Waals surface area (Å²) in [5.41, 5.74) is 1.10. The molecule has 1 aromatic heterocycles. The average Bonchev–Trinajstić information content (AvgIpc) is 2.98. The van der Waals surface area contributed by atoms with Crippen LogP contribution in [0.1, 0.15) is 17.5 Å². The van der Waals surface area contributed by atoms with Crippen molar-refractivity contribution in [2.75, 3.05) is 30.3 Å². The Morgan fingerprint density at radius 2 is 2.15 bits per heavy atom. The van der Waals surface area contributed by atoms with Crippen molar-refractivity contribution in [2.45, 2.75) is 19.9 Å². The van der Waals surface area contributed by atoms with E-state index < -0.39 is 11.9 Å². The number of nitrogens with one attached hydrogen (secondary N) is 2. The van der Waals surface area contributed by atoms with E-state index in [0.29, 0.717) is 31.2 Å². The zero-order valence-corrected chi connectivity index (χ0v) is 15.1. The van der Waals surface area contributed by atoms with Crippen LogP contribution in [0.2, 0.25) is 0 Å². The minimum Gasteiger partial charge on any atom is -0.450 e. The molecule has 3 rings (SSSR count). The van der Waals surface area contributed by atoms with Gasteiger partial charge in [-0.05, 0) is 19.1 Å². The van der Waals surface area contributed by atoms with Gasteiger partial charge in [0.05, 0.1) is 24.5 Å². The predicted molar refractivity (Wildman–Crippen MR) is 96.8 cm³/mol. The number of hydrogen-bond donors (Lipinski definition) is 2. The fourth-order valence-corrected chi connectivity index (χ4v) is 3.68. The highest BCUT2D eigenvalue weighted by Gasteiger charge is 2.23. The van der Waals surface area contributed by atoms with E-state index in [2.05, 4.69) is 15.6 Å². The third kappa shape index (κ3) is 4.55. The van der Waals surface area contributed by atoms with Gasteiger partial charge in [0.15, 0.2) is 5.13 Å². The molecule has 0 saturated carbocycles. The van der Waals surface area contributed by atoms with Crippen LogP contribution in [0.5, 0.6) is 0 Å². The minimum atomic E-state index is -0.528. The number of fused-ring (bicyclic) bond motifs is 1. The van der Waals surface area contributed by atoms with Gasteiger partial charge in [-0.15, -0.1) is 0 Å². The molecule has 0 saturated heterocycles. The number of carbonyl (C=O) groups is 2. The Balaban J connectivity index is 1.56. The Morgan fingerprint density at radius 3 is 2.92 bits per heavy atom. The van der Waals surface area contributed by atoms with Crippen LogP contribution in [0.3, 0.4) is 0 Å². The van der Waals surface area contributed by atoms with E-state index in [1.807, 2.05) is 4.90 Å². The average molecular weight is 378 g/mol. The molecule has 2 amide bonds. The van der Waals surface area contributed by atoms with Gasteiger partial charge < -0.3 is 10.1 Å². The molecule has 2 aromatic rings. The number of benzene rings is 1. The van der Waals surface area contributed by atoms with Crippen molar-refractivity contribution in [3.63, 3.8) is 0 Å². The normalized spacial score (nSPS) is 13.8. The molecule has 26 heavy (non-hydrogen) atoms. The minimum absolute atomic E-state index is 0.159. The molecule has 0 unspecified atom stereocenters. The Bertz CT molecular complexity index is 811. The summed E-state index contributed by atoms with van der Waals surface area (Å²) < 4.78 is 18.4. The Hall–Kier alpha value is -2.52. The zero-order valence-electron chi connectivity index (χ0n) is 14.3. The molecule has 1 aliphatic rings. The summed E-state index contributed by atoms with van der Waals surface area (Å²) in [4.78, 5) is 31.0. The van der Waals surface area contributed by atoms with Crippen molar-refractivity contribution in [1.29, 1.82) is 0 Å². The van der Waals surface area contributed by atoms with Crippen LogP contribution in [0.4, 0.5) is 20.0 Å². The highest BCUT2D eigenvalue weighted by atomic mass is 32.1. The molecule has 0 radical (unpaired) electrons. The smallest absolute Gasteiger partial charge is 0.413 e. The molecule has 1 aliphatic heterocycles. The highest BCUT2D eigenvalue weighted by molar-refractivity contribution is 7.15. The summed E-state index contributed by atoms with van der Waals surface area (Å²) in [6, 6.07) is 6.07. The van der Waals surface area contributed by atoms with E-state index in [9.17, 15) is 14.0 Å². The summed E-state index contributed by atoms with van der Waals surface area (Å²) in [5.74, 6) is -0.730. The number of anilines is 2. The van der Waals surface area contributed by atoms with Crippen molar-refractivity contribution in [2.24, 2.45) is 0 Å². The maximum absolute atomic E-state index is 13.6. The molecule has 7 nitrogen and oxygen atoms in total. The maximum Gasteiger partial charge on any atom is 0.413 e. The molecule has 0 spiro atoms. The Morgan fingerprint density at radius 1 is 1.35 bits per heavy atom. The van der Waals surface area contributed by atoms with Gasteiger partial charge >= 0.3 is 6.09 Å². The maximum atomic E-state index is 13.6. The number of aromatic nitrogens is 1. The first-order valence-electron chi connectivity index (χ1n) is 8.24. The predicted octanol–water partition coefficient (Wildman–Crippen LogP) is 2.85. The lowest BCUT2D eigenvalue weighted by atomic mass is 10.2. The number of halogens is 1. The largest absolute Gasteiger partial charge is 0.450 e. The quantitative estimate of drug-likeness (QED) is 0.836. The van der Waals surface area contributed by atoms with E-state index in [-0.39, 0.29) is 18.1 Å². The van der Waals surface area contributed by atoms with E-state index in [1.54, 1.807) is 19.1 Å². The third-order valence-corrected chi connectivity index (χ3v) is 4.81. The number of carbonyl (C=O) groups excluding carboxylic acids is 2. The van der Waals surface area contributed by atoms with Crippen LogP contribution < -0.4 is 10.6 Å². The van der Waals surface area contributed by atoms with Crippen molar-refractivity contribution in [3.05, 3.63) is 40.7 Å². The number of nitrogens with zero attached hydrogens (tertiary/aromatic N) is 2. The standard InChI is InChI=1S/C17H19FN4O3S/c1-2-25-17(24)21-16-20-13-7-8-22(9-14(13)26-16)10-15(23)19-12-6-4-3-5-11(12)18/h3-6H,2,7-10H2,1H3,(H,19,23)(H,20,21,24).